The van der Waals surface area contributed by atoms with Crippen molar-refractivity contribution in [2.45, 2.75) is 284 Å². The molecule has 6 heteroatoms. The molecular formula is C59H104O6. The molecule has 0 rings (SSSR count). The third-order valence-corrected chi connectivity index (χ3v) is 12.0. The quantitative estimate of drug-likeness (QED) is 0.0262. The van der Waals surface area contributed by atoms with Crippen molar-refractivity contribution >= 4 is 17.9 Å². The fraction of sp³-hybridized carbons (Fsp3) is 0.780. The first-order valence-corrected chi connectivity index (χ1v) is 27.8. The van der Waals surface area contributed by atoms with Crippen molar-refractivity contribution in [1.29, 1.82) is 0 Å². The Morgan fingerprint density at radius 1 is 0.308 bits per heavy atom. The molecule has 0 aliphatic carbocycles. The predicted molar refractivity (Wildman–Crippen MR) is 279 cm³/mol. The monoisotopic (exact) mass is 909 g/mol. The number of hydrogen-bond donors (Lipinski definition) is 0. The predicted octanol–water partition coefficient (Wildman–Crippen LogP) is 18.4. The molecule has 0 aromatic heterocycles. The first-order valence-electron chi connectivity index (χ1n) is 27.8. The molecule has 0 bridgehead atoms. The summed E-state index contributed by atoms with van der Waals surface area (Å²) in [7, 11) is 0. The van der Waals surface area contributed by atoms with Crippen LogP contribution < -0.4 is 0 Å². The van der Waals surface area contributed by atoms with Crippen LogP contribution in [0.15, 0.2) is 60.8 Å². The first-order chi connectivity index (χ1) is 32.0. The van der Waals surface area contributed by atoms with Crippen molar-refractivity contribution in [3.8, 4) is 0 Å². The molecule has 0 unspecified atom stereocenters. The molecule has 0 aromatic carbocycles. The maximum atomic E-state index is 12.8. The number of hydrogen-bond acceptors (Lipinski definition) is 6. The average Bonchev–Trinajstić information content (AvgIpc) is 3.30. The largest absolute Gasteiger partial charge is 0.462 e. The highest BCUT2D eigenvalue weighted by Crippen LogP contribution is 2.15. The lowest BCUT2D eigenvalue weighted by atomic mass is 10.1. The Balaban J connectivity index is 4.38. The van der Waals surface area contributed by atoms with Gasteiger partial charge in [0.25, 0.3) is 0 Å². The van der Waals surface area contributed by atoms with Crippen molar-refractivity contribution in [3.63, 3.8) is 0 Å². The lowest BCUT2D eigenvalue weighted by molar-refractivity contribution is -0.167. The van der Waals surface area contributed by atoms with Gasteiger partial charge in [-0.1, -0.05) is 216 Å². The van der Waals surface area contributed by atoms with Gasteiger partial charge in [-0.2, -0.15) is 0 Å². The Bertz CT molecular complexity index is 1180. The van der Waals surface area contributed by atoms with Crippen molar-refractivity contribution in [2.75, 3.05) is 13.2 Å². The van der Waals surface area contributed by atoms with Gasteiger partial charge in [0.1, 0.15) is 13.2 Å². The van der Waals surface area contributed by atoms with E-state index in [9.17, 15) is 14.4 Å². The normalized spacial score (nSPS) is 12.5. The third-order valence-electron chi connectivity index (χ3n) is 12.0. The van der Waals surface area contributed by atoms with Gasteiger partial charge >= 0.3 is 17.9 Å². The second-order valence-electron chi connectivity index (χ2n) is 18.5. The van der Waals surface area contributed by atoms with Crippen molar-refractivity contribution in [3.05, 3.63) is 60.8 Å². The minimum Gasteiger partial charge on any atom is -0.462 e. The summed E-state index contributed by atoms with van der Waals surface area (Å²) in [5.74, 6) is -0.912. The maximum absolute atomic E-state index is 12.8. The number of rotatable bonds is 50. The van der Waals surface area contributed by atoms with E-state index in [4.69, 9.17) is 14.2 Å². The van der Waals surface area contributed by atoms with Crippen molar-refractivity contribution < 1.29 is 28.6 Å². The Labute approximate surface area is 402 Å². The number of unbranched alkanes of at least 4 members (excludes halogenated alkanes) is 29. The topological polar surface area (TPSA) is 78.9 Å². The van der Waals surface area contributed by atoms with Crippen LogP contribution in [-0.4, -0.2) is 37.2 Å². The van der Waals surface area contributed by atoms with Gasteiger partial charge in [0, 0.05) is 19.3 Å². The van der Waals surface area contributed by atoms with Crippen LogP contribution in [0.2, 0.25) is 0 Å². The third kappa shape index (κ3) is 51.9. The lowest BCUT2D eigenvalue weighted by Crippen LogP contribution is -2.30. The van der Waals surface area contributed by atoms with Gasteiger partial charge in [-0.3, -0.25) is 14.4 Å². The minimum absolute atomic E-state index is 0.0861. The van der Waals surface area contributed by atoms with E-state index >= 15 is 0 Å². The van der Waals surface area contributed by atoms with E-state index in [1.807, 2.05) is 0 Å². The Hall–Kier alpha value is -2.89. The van der Waals surface area contributed by atoms with Gasteiger partial charge < -0.3 is 14.2 Å². The molecule has 6 nitrogen and oxygen atoms in total. The molecule has 0 saturated heterocycles. The standard InChI is InChI=1S/C59H104O6/c1-4-7-10-13-16-19-22-24-26-28-29-31-33-35-38-41-44-47-50-53-59(62)65-56(54-63-57(60)51-48-45-42-39-36-21-18-15-12-9-6-3)55-64-58(61)52-49-46-43-40-37-34-32-30-27-25-23-20-17-14-11-8-5-2/h15,17-18,20,24-27,32,34,56H,4-14,16,19,21-23,28-31,33,35-55H2,1-3H3/b18-15-,20-17-,26-24-,27-25-,34-32-/t56-/m0/s1. The maximum Gasteiger partial charge on any atom is 0.306 e. The van der Waals surface area contributed by atoms with E-state index < -0.39 is 6.10 Å². The van der Waals surface area contributed by atoms with E-state index in [-0.39, 0.29) is 31.1 Å². The van der Waals surface area contributed by atoms with Crippen LogP contribution >= 0.6 is 0 Å². The lowest BCUT2D eigenvalue weighted by Gasteiger charge is -2.18. The summed E-state index contributed by atoms with van der Waals surface area (Å²) in [6.07, 6.45) is 66.3. The van der Waals surface area contributed by atoms with E-state index in [0.717, 1.165) is 89.9 Å². The van der Waals surface area contributed by atoms with Crippen molar-refractivity contribution in [2.24, 2.45) is 0 Å². The van der Waals surface area contributed by atoms with Crippen LogP contribution in [0, 0.1) is 0 Å². The number of ether oxygens (including phenoxy) is 3. The second-order valence-corrected chi connectivity index (χ2v) is 18.5. The second kappa shape index (κ2) is 53.7. The highest BCUT2D eigenvalue weighted by Gasteiger charge is 2.19. The molecule has 0 fully saturated rings. The van der Waals surface area contributed by atoms with Gasteiger partial charge in [0.2, 0.25) is 0 Å². The van der Waals surface area contributed by atoms with Gasteiger partial charge in [0.15, 0.2) is 6.10 Å². The summed E-state index contributed by atoms with van der Waals surface area (Å²) in [5, 5.41) is 0. The number of esters is 3. The van der Waals surface area contributed by atoms with Crippen LogP contribution in [-0.2, 0) is 28.6 Å². The molecule has 65 heavy (non-hydrogen) atoms. The van der Waals surface area contributed by atoms with Crippen LogP contribution in [0.3, 0.4) is 0 Å². The zero-order valence-electron chi connectivity index (χ0n) is 43.0. The summed E-state index contributed by atoms with van der Waals surface area (Å²) < 4.78 is 16.8. The van der Waals surface area contributed by atoms with E-state index in [0.29, 0.717) is 19.3 Å². The van der Waals surface area contributed by atoms with Crippen LogP contribution in [0.5, 0.6) is 0 Å². The van der Waals surface area contributed by atoms with Crippen molar-refractivity contribution in [1.82, 2.24) is 0 Å². The molecule has 0 aromatic rings. The molecule has 0 spiro atoms. The summed E-state index contributed by atoms with van der Waals surface area (Å²) in [5.41, 5.74) is 0. The minimum atomic E-state index is -0.787. The Kier molecular flexibility index (Phi) is 51.3. The number of carbonyl (C=O) groups is 3. The summed E-state index contributed by atoms with van der Waals surface area (Å²) >= 11 is 0. The fourth-order valence-electron chi connectivity index (χ4n) is 7.72. The number of carbonyl (C=O) groups excluding carboxylic acids is 3. The fourth-order valence-corrected chi connectivity index (χ4v) is 7.72. The van der Waals surface area contributed by atoms with E-state index in [1.165, 1.54) is 148 Å². The molecule has 0 radical (unpaired) electrons. The first kappa shape index (κ1) is 62.1. The molecule has 0 heterocycles. The average molecular weight is 909 g/mol. The molecule has 0 aliphatic rings. The zero-order valence-corrected chi connectivity index (χ0v) is 43.0. The summed E-state index contributed by atoms with van der Waals surface area (Å²) in [6.45, 7) is 6.56. The number of allylic oxidation sites excluding steroid dienone is 10. The Morgan fingerprint density at radius 3 is 0.954 bits per heavy atom. The van der Waals surface area contributed by atoms with Gasteiger partial charge in [-0.25, -0.2) is 0 Å². The molecule has 0 amide bonds. The molecule has 0 saturated carbocycles. The molecule has 0 aliphatic heterocycles. The molecule has 1 atom stereocenters. The van der Waals surface area contributed by atoms with Crippen LogP contribution in [0.1, 0.15) is 278 Å². The Morgan fingerprint density at radius 2 is 0.569 bits per heavy atom. The molecule has 0 N–H and O–H groups in total. The highest BCUT2D eigenvalue weighted by molar-refractivity contribution is 5.71. The van der Waals surface area contributed by atoms with Crippen LogP contribution in [0.4, 0.5) is 0 Å². The smallest absolute Gasteiger partial charge is 0.306 e. The van der Waals surface area contributed by atoms with Gasteiger partial charge in [-0.15, -0.1) is 0 Å². The SMILES string of the molecule is CCCC/C=C\CCCCCCCC(=O)OC[C@@H](COC(=O)CCCCCC/C=C\C/C=C\C/C=C\CCCCC)OC(=O)CCCCCCCCCCC/C=C\CCCCCCCC. The van der Waals surface area contributed by atoms with Crippen LogP contribution in [0.25, 0.3) is 0 Å². The zero-order chi connectivity index (χ0) is 47.2. The molecular weight excluding hydrogens is 805 g/mol. The summed E-state index contributed by atoms with van der Waals surface area (Å²) in [6, 6.07) is 0. The van der Waals surface area contributed by atoms with E-state index in [1.54, 1.807) is 0 Å². The molecule has 376 valence electrons. The highest BCUT2D eigenvalue weighted by atomic mass is 16.6. The van der Waals surface area contributed by atoms with Gasteiger partial charge in [0.05, 0.1) is 0 Å². The van der Waals surface area contributed by atoms with E-state index in [2.05, 4.69) is 81.5 Å². The van der Waals surface area contributed by atoms with Gasteiger partial charge in [-0.05, 0) is 103 Å². The summed E-state index contributed by atoms with van der Waals surface area (Å²) in [4.78, 5) is 38.0.